The van der Waals surface area contributed by atoms with Gasteiger partial charge in [0.2, 0.25) is 0 Å². The summed E-state index contributed by atoms with van der Waals surface area (Å²) in [6, 6.07) is 17.0. The number of benzene rings is 2. The van der Waals surface area contributed by atoms with Gasteiger partial charge in [0.15, 0.2) is 0 Å². The summed E-state index contributed by atoms with van der Waals surface area (Å²) in [6.45, 7) is 3.67. The molecule has 0 aromatic heterocycles. The van der Waals surface area contributed by atoms with Gasteiger partial charge in [0, 0.05) is 16.3 Å². The number of rotatable bonds is 4. The quantitative estimate of drug-likeness (QED) is 0.905. The van der Waals surface area contributed by atoms with E-state index in [0.717, 1.165) is 19.6 Å². The van der Waals surface area contributed by atoms with Crippen molar-refractivity contribution in [3.8, 4) is 0 Å². The third kappa shape index (κ3) is 3.32. The SMILES string of the molecule is O[C@H](CN1CCCCC1)CN1c2ccccc2Sc2ccccc21. The number of aliphatic hydroxyl groups excluding tert-OH is 1. The molecule has 0 aliphatic carbocycles. The lowest BCUT2D eigenvalue weighted by molar-refractivity contribution is 0.106. The Morgan fingerprint density at radius 3 is 2.04 bits per heavy atom. The molecule has 2 aromatic carbocycles. The maximum Gasteiger partial charge on any atom is 0.0845 e. The van der Waals surface area contributed by atoms with E-state index in [1.54, 1.807) is 0 Å². The number of aliphatic hydroxyl groups is 1. The molecule has 24 heavy (non-hydrogen) atoms. The Hall–Kier alpha value is -1.49. The molecule has 2 aliphatic rings. The highest BCUT2D eigenvalue weighted by Gasteiger charge is 2.25. The van der Waals surface area contributed by atoms with E-state index in [1.165, 1.54) is 40.4 Å². The zero-order valence-electron chi connectivity index (χ0n) is 13.9. The minimum atomic E-state index is -0.340. The Labute approximate surface area is 148 Å². The number of para-hydroxylation sites is 2. The van der Waals surface area contributed by atoms with Crippen LogP contribution in [0.1, 0.15) is 19.3 Å². The Bertz CT molecular complexity index is 654. The van der Waals surface area contributed by atoms with E-state index in [2.05, 4.69) is 58.3 Å². The second kappa shape index (κ2) is 7.18. The maximum absolute atomic E-state index is 10.7. The van der Waals surface area contributed by atoms with Gasteiger partial charge in [0.25, 0.3) is 0 Å². The molecule has 3 nitrogen and oxygen atoms in total. The fourth-order valence-electron chi connectivity index (χ4n) is 3.69. The highest BCUT2D eigenvalue weighted by Crippen LogP contribution is 2.47. The standard InChI is InChI=1S/C20H24N2OS/c23-16(14-21-12-6-1-7-13-21)15-22-17-8-2-4-10-19(17)24-20-11-5-3-9-18(20)22/h2-5,8-11,16,23H,1,6-7,12-15H2/t16-/m1/s1. The second-order valence-electron chi connectivity index (χ2n) is 6.66. The van der Waals surface area contributed by atoms with Gasteiger partial charge in [0.05, 0.1) is 24.0 Å². The van der Waals surface area contributed by atoms with Crippen molar-refractivity contribution in [3.63, 3.8) is 0 Å². The molecule has 1 atom stereocenters. The lowest BCUT2D eigenvalue weighted by atomic mass is 10.1. The van der Waals surface area contributed by atoms with Gasteiger partial charge in [-0.3, -0.25) is 0 Å². The van der Waals surface area contributed by atoms with Crippen LogP contribution in [0.2, 0.25) is 0 Å². The van der Waals surface area contributed by atoms with E-state index in [9.17, 15) is 5.11 Å². The zero-order chi connectivity index (χ0) is 16.4. The highest BCUT2D eigenvalue weighted by atomic mass is 32.2. The zero-order valence-corrected chi connectivity index (χ0v) is 14.7. The van der Waals surface area contributed by atoms with Crippen LogP contribution in [0, 0.1) is 0 Å². The van der Waals surface area contributed by atoms with Crippen molar-refractivity contribution in [1.82, 2.24) is 4.90 Å². The molecule has 0 radical (unpaired) electrons. The predicted octanol–water partition coefficient (Wildman–Crippen LogP) is 4.14. The molecule has 0 spiro atoms. The first kappa shape index (κ1) is 16.0. The summed E-state index contributed by atoms with van der Waals surface area (Å²) in [5.74, 6) is 0. The molecule has 1 fully saturated rings. The average molecular weight is 340 g/mol. The average Bonchev–Trinajstić information content (AvgIpc) is 2.62. The van der Waals surface area contributed by atoms with Crippen LogP contribution in [0.4, 0.5) is 11.4 Å². The number of hydrogen-bond donors (Lipinski definition) is 1. The smallest absolute Gasteiger partial charge is 0.0845 e. The van der Waals surface area contributed by atoms with Gasteiger partial charge >= 0.3 is 0 Å². The number of β-amino-alcohol motifs (C(OH)–C–C–N with tert-alkyl or cyclic N) is 1. The number of hydrogen-bond acceptors (Lipinski definition) is 4. The van der Waals surface area contributed by atoms with Gasteiger partial charge in [-0.1, -0.05) is 42.4 Å². The van der Waals surface area contributed by atoms with Crippen molar-refractivity contribution in [2.45, 2.75) is 35.2 Å². The summed E-state index contributed by atoms with van der Waals surface area (Å²) in [4.78, 5) is 7.23. The van der Waals surface area contributed by atoms with E-state index in [0.29, 0.717) is 6.54 Å². The lowest BCUT2D eigenvalue weighted by Crippen LogP contribution is -2.41. The van der Waals surface area contributed by atoms with Crippen molar-refractivity contribution in [2.24, 2.45) is 0 Å². The Kier molecular flexibility index (Phi) is 4.79. The van der Waals surface area contributed by atoms with Crippen LogP contribution in [0.5, 0.6) is 0 Å². The third-order valence-corrected chi connectivity index (χ3v) is 5.97. The normalized spacial score (nSPS) is 18.8. The van der Waals surface area contributed by atoms with Crippen LogP contribution in [-0.4, -0.2) is 42.3 Å². The minimum absolute atomic E-state index is 0.340. The van der Waals surface area contributed by atoms with E-state index in [-0.39, 0.29) is 6.10 Å². The molecule has 2 heterocycles. The van der Waals surface area contributed by atoms with Crippen LogP contribution in [0.15, 0.2) is 58.3 Å². The number of fused-ring (bicyclic) bond motifs is 2. The summed E-state index contributed by atoms with van der Waals surface area (Å²) in [5, 5.41) is 10.7. The topological polar surface area (TPSA) is 26.7 Å². The van der Waals surface area contributed by atoms with Crippen LogP contribution in [-0.2, 0) is 0 Å². The summed E-state index contributed by atoms with van der Waals surface area (Å²) in [5.41, 5.74) is 2.41. The number of nitrogens with zero attached hydrogens (tertiary/aromatic N) is 2. The number of piperidine rings is 1. The van der Waals surface area contributed by atoms with Crippen molar-refractivity contribution in [3.05, 3.63) is 48.5 Å². The highest BCUT2D eigenvalue weighted by molar-refractivity contribution is 7.99. The maximum atomic E-state index is 10.7. The molecule has 4 heteroatoms. The molecule has 0 unspecified atom stereocenters. The summed E-state index contributed by atoms with van der Waals surface area (Å²) in [6.07, 6.45) is 3.51. The first-order valence-corrected chi connectivity index (χ1v) is 9.67. The summed E-state index contributed by atoms with van der Waals surface area (Å²) >= 11 is 1.82. The molecule has 4 rings (SSSR count). The Morgan fingerprint density at radius 1 is 0.833 bits per heavy atom. The van der Waals surface area contributed by atoms with Gasteiger partial charge in [0.1, 0.15) is 0 Å². The van der Waals surface area contributed by atoms with Crippen LogP contribution < -0.4 is 4.90 Å². The first-order chi connectivity index (χ1) is 11.8. The van der Waals surface area contributed by atoms with Crippen molar-refractivity contribution >= 4 is 23.1 Å². The molecule has 1 saturated heterocycles. The van der Waals surface area contributed by atoms with E-state index < -0.39 is 0 Å². The van der Waals surface area contributed by atoms with Gasteiger partial charge < -0.3 is 14.9 Å². The van der Waals surface area contributed by atoms with Crippen molar-refractivity contribution < 1.29 is 5.11 Å². The predicted molar refractivity (Wildman–Crippen MR) is 100 cm³/mol. The van der Waals surface area contributed by atoms with Crippen molar-refractivity contribution in [1.29, 1.82) is 0 Å². The molecule has 1 N–H and O–H groups in total. The van der Waals surface area contributed by atoms with E-state index in [4.69, 9.17) is 0 Å². The Morgan fingerprint density at radius 2 is 1.42 bits per heavy atom. The number of anilines is 2. The number of likely N-dealkylation sites (tertiary alicyclic amines) is 1. The van der Waals surface area contributed by atoms with Crippen LogP contribution in [0.3, 0.4) is 0 Å². The fraction of sp³-hybridized carbons (Fsp3) is 0.400. The molecular weight excluding hydrogens is 316 g/mol. The lowest BCUT2D eigenvalue weighted by Gasteiger charge is -2.35. The van der Waals surface area contributed by atoms with E-state index >= 15 is 0 Å². The van der Waals surface area contributed by atoms with Gasteiger partial charge in [-0.25, -0.2) is 0 Å². The monoisotopic (exact) mass is 340 g/mol. The molecule has 0 amide bonds. The van der Waals surface area contributed by atoms with Gasteiger partial charge in [-0.2, -0.15) is 0 Å². The van der Waals surface area contributed by atoms with E-state index in [1.807, 2.05) is 11.8 Å². The van der Waals surface area contributed by atoms with Gasteiger partial charge in [-0.05, 0) is 50.2 Å². The fourth-order valence-corrected chi connectivity index (χ4v) is 4.78. The van der Waals surface area contributed by atoms with Crippen LogP contribution >= 0.6 is 11.8 Å². The molecular formula is C20H24N2OS. The summed E-state index contributed by atoms with van der Waals surface area (Å²) in [7, 11) is 0. The summed E-state index contributed by atoms with van der Waals surface area (Å²) < 4.78 is 0. The minimum Gasteiger partial charge on any atom is -0.390 e. The largest absolute Gasteiger partial charge is 0.390 e. The van der Waals surface area contributed by atoms with Gasteiger partial charge in [-0.15, -0.1) is 0 Å². The first-order valence-electron chi connectivity index (χ1n) is 8.85. The molecule has 126 valence electrons. The Balaban J connectivity index is 1.55. The molecule has 0 bridgehead atoms. The third-order valence-electron chi connectivity index (χ3n) is 4.84. The molecule has 2 aliphatic heterocycles. The second-order valence-corrected chi connectivity index (χ2v) is 7.75. The molecule has 0 saturated carbocycles. The van der Waals surface area contributed by atoms with Crippen molar-refractivity contribution in [2.75, 3.05) is 31.1 Å². The van der Waals surface area contributed by atoms with Crippen LogP contribution in [0.25, 0.3) is 0 Å². The molecule has 2 aromatic rings.